The highest BCUT2D eigenvalue weighted by Crippen LogP contribution is 2.23. The summed E-state index contributed by atoms with van der Waals surface area (Å²) in [7, 11) is 0. The lowest BCUT2D eigenvalue weighted by Crippen LogP contribution is -2.11. The quantitative estimate of drug-likeness (QED) is 0.641. The van der Waals surface area contributed by atoms with Crippen molar-refractivity contribution in [3.05, 3.63) is 59.8 Å². The second-order valence-electron chi connectivity index (χ2n) is 3.69. The van der Waals surface area contributed by atoms with Crippen LogP contribution in [0.15, 0.2) is 53.5 Å². The Hall–Kier alpha value is -1.51. The van der Waals surface area contributed by atoms with E-state index in [1.807, 2.05) is 42.5 Å². The topological polar surface area (TPSA) is 25.2 Å². The van der Waals surface area contributed by atoms with Crippen molar-refractivity contribution in [1.82, 2.24) is 5.32 Å². The summed E-state index contributed by atoms with van der Waals surface area (Å²) in [5, 5.41) is 3.92. The Morgan fingerprint density at radius 2 is 1.94 bits per heavy atom. The molecule has 1 aromatic carbocycles. The first-order chi connectivity index (χ1) is 8.29. The summed E-state index contributed by atoms with van der Waals surface area (Å²) in [5.74, 6) is 1.77. The molecule has 0 radical (unpaired) electrons. The Kier molecular flexibility index (Phi) is 4.02. The lowest BCUT2D eigenvalue weighted by molar-refractivity contribution is 0.502. The summed E-state index contributed by atoms with van der Waals surface area (Å²) >= 11 is 5.84. The number of hydrogen-bond donors (Lipinski definition) is 1. The van der Waals surface area contributed by atoms with Crippen LogP contribution in [0.5, 0.6) is 0 Å². The maximum atomic E-state index is 5.84. The van der Waals surface area contributed by atoms with Crippen LogP contribution in [-0.4, -0.2) is 6.54 Å². The van der Waals surface area contributed by atoms with E-state index in [9.17, 15) is 0 Å². The van der Waals surface area contributed by atoms with Crippen LogP contribution in [0, 0.1) is 0 Å². The molecule has 0 saturated carbocycles. The fraction of sp³-hybridized carbons (Fsp3) is 0.143. The molecule has 0 bridgehead atoms. The van der Waals surface area contributed by atoms with Crippen LogP contribution in [0.25, 0.3) is 11.3 Å². The summed E-state index contributed by atoms with van der Waals surface area (Å²) in [5.41, 5.74) is 1.03. The van der Waals surface area contributed by atoms with Crippen molar-refractivity contribution >= 4 is 11.6 Å². The second-order valence-corrected chi connectivity index (χ2v) is 4.13. The van der Waals surface area contributed by atoms with Crippen molar-refractivity contribution in [1.29, 1.82) is 0 Å². The van der Waals surface area contributed by atoms with Crippen LogP contribution in [0.3, 0.4) is 0 Å². The van der Waals surface area contributed by atoms with Crippen LogP contribution >= 0.6 is 11.6 Å². The lowest BCUT2D eigenvalue weighted by atomic mass is 10.2. The molecular weight excluding hydrogens is 234 g/mol. The van der Waals surface area contributed by atoms with Gasteiger partial charge in [0.2, 0.25) is 0 Å². The molecule has 1 N–H and O–H groups in total. The normalized spacial score (nSPS) is 10.4. The number of hydrogen-bond acceptors (Lipinski definition) is 2. The molecule has 88 valence electrons. The predicted molar refractivity (Wildman–Crippen MR) is 71.1 cm³/mol. The summed E-state index contributed by atoms with van der Waals surface area (Å²) < 4.78 is 5.72. The van der Waals surface area contributed by atoms with Gasteiger partial charge in [-0.15, -0.1) is 6.58 Å². The number of benzene rings is 1. The minimum absolute atomic E-state index is 0.708. The number of nitrogens with one attached hydrogen (secondary N) is 1. The van der Waals surface area contributed by atoms with Gasteiger partial charge >= 0.3 is 0 Å². The average molecular weight is 248 g/mol. The first-order valence-corrected chi connectivity index (χ1v) is 5.83. The van der Waals surface area contributed by atoms with E-state index in [0.29, 0.717) is 6.54 Å². The Labute approximate surface area is 106 Å². The predicted octanol–water partition coefficient (Wildman–Crippen LogP) is 3.88. The average Bonchev–Trinajstić information content (AvgIpc) is 2.79. The van der Waals surface area contributed by atoms with Crippen LogP contribution < -0.4 is 5.32 Å². The highest BCUT2D eigenvalue weighted by Gasteiger charge is 2.03. The smallest absolute Gasteiger partial charge is 0.134 e. The minimum Gasteiger partial charge on any atom is -0.460 e. The van der Waals surface area contributed by atoms with E-state index >= 15 is 0 Å². The maximum absolute atomic E-state index is 5.84. The lowest BCUT2D eigenvalue weighted by Gasteiger charge is -1.99. The van der Waals surface area contributed by atoms with Gasteiger partial charge in [0.1, 0.15) is 11.5 Å². The molecule has 3 heteroatoms. The van der Waals surface area contributed by atoms with Gasteiger partial charge in [-0.2, -0.15) is 0 Å². The van der Waals surface area contributed by atoms with E-state index in [-0.39, 0.29) is 0 Å². The molecular formula is C14H14ClNO. The van der Waals surface area contributed by atoms with Gasteiger partial charge in [0.25, 0.3) is 0 Å². The fourth-order valence-corrected chi connectivity index (χ4v) is 1.67. The van der Waals surface area contributed by atoms with Crippen molar-refractivity contribution in [3.8, 4) is 11.3 Å². The molecule has 0 spiro atoms. The molecule has 0 atom stereocenters. The summed E-state index contributed by atoms with van der Waals surface area (Å²) in [6, 6.07) is 11.5. The van der Waals surface area contributed by atoms with E-state index in [1.165, 1.54) is 0 Å². The Morgan fingerprint density at radius 3 is 2.65 bits per heavy atom. The zero-order chi connectivity index (χ0) is 12.1. The maximum Gasteiger partial charge on any atom is 0.134 e. The third-order valence-corrected chi connectivity index (χ3v) is 2.63. The number of halogens is 1. The zero-order valence-electron chi connectivity index (χ0n) is 9.45. The van der Waals surface area contributed by atoms with E-state index < -0.39 is 0 Å². The number of rotatable bonds is 5. The Balaban J connectivity index is 2.07. The SMILES string of the molecule is C=CCNCc1ccc(-c2ccc(Cl)cc2)o1. The zero-order valence-corrected chi connectivity index (χ0v) is 10.2. The van der Waals surface area contributed by atoms with Gasteiger partial charge in [-0.05, 0) is 36.4 Å². The van der Waals surface area contributed by atoms with Crippen molar-refractivity contribution in [3.63, 3.8) is 0 Å². The van der Waals surface area contributed by atoms with Crippen LogP contribution in [0.1, 0.15) is 5.76 Å². The first kappa shape index (κ1) is 12.0. The third kappa shape index (κ3) is 3.22. The van der Waals surface area contributed by atoms with Gasteiger partial charge in [-0.3, -0.25) is 0 Å². The van der Waals surface area contributed by atoms with Crippen molar-refractivity contribution < 1.29 is 4.42 Å². The van der Waals surface area contributed by atoms with E-state index in [0.717, 1.165) is 28.7 Å². The van der Waals surface area contributed by atoms with Crippen LogP contribution in [0.2, 0.25) is 5.02 Å². The summed E-state index contributed by atoms with van der Waals surface area (Å²) in [6.07, 6.45) is 1.82. The molecule has 2 rings (SSSR count). The molecule has 1 aromatic heterocycles. The van der Waals surface area contributed by atoms with Gasteiger partial charge in [0.05, 0.1) is 6.54 Å². The van der Waals surface area contributed by atoms with Gasteiger partial charge in [-0.25, -0.2) is 0 Å². The fourth-order valence-electron chi connectivity index (χ4n) is 1.54. The molecule has 0 fully saturated rings. The van der Waals surface area contributed by atoms with Crippen molar-refractivity contribution in [2.45, 2.75) is 6.54 Å². The summed E-state index contributed by atoms with van der Waals surface area (Å²) in [4.78, 5) is 0. The molecule has 0 saturated heterocycles. The molecule has 0 aliphatic heterocycles. The highest BCUT2D eigenvalue weighted by atomic mass is 35.5. The van der Waals surface area contributed by atoms with Crippen LogP contribution in [0.4, 0.5) is 0 Å². The minimum atomic E-state index is 0.708. The Morgan fingerprint density at radius 1 is 1.18 bits per heavy atom. The van der Waals surface area contributed by atoms with Crippen molar-refractivity contribution in [2.75, 3.05) is 6.54 Å². The third-order valence-electron chi connectivity index (χ3n) is 2.38. The highest BCUT2D eigenvalue weighted by molar-refractivity contribution is 6.30. The molecule has 0 aliphatic carbocycles. The summed E-state index contributed by atoms with van der Waals surface area (Å²) in [6.45, 7) is 5.13. The largest absolute Gasteiger partial charge is 0.460 e. The molecule has 17 heavy (non-hydrogen) atoms. The molecule has 0 aliphatic rings. The van der Waals surface area contributed by atoms with Crippen LogP contribution in [-0.2, 0) is 6.54 Å². The molecule has 0 unspecified atom stereocenters. The molecule has 1 heterocycles. The van der Waals surface area contributed by atoms with E-state index in [4.69, 9.17) is 16.0 Å². The molecule has 2 nitrogen and oxygen atoms in total. The van der Waals surface area contributed by atoms with Gasteiger partial charge in [0.15, 0.2) is 0 Å². The van der Waals surface area contributed by atoms with Gasteiger partial charge < -0.3 is 9.73 Å². The molecule has 0 amide bonds. The van der Waals surface area contributed by atoms with Gasteiger partial charge in [-0.1, -0.05) is 17.7 Å². The second kappa shape index (κ2) is 5.71. The number of furan rings is 1. The van der Waals surface area contributed by atoms with E-state index in [1.54, 1.807) is 0 Å². The first-order valence-electron chi connectivity index (χ1n) is 5.46. The molecule has 2 aromatic rings. The monoisotopic (exact) mass is 247 g/mol. The van der Waals surface area contributed by atoms with Gasteiger partial charge in [0, 0.05) is 17.1 Å². The Bertz CT molecular complexity index is 487. The van der Waals surface area contributed by atoms with Crippen molar-refractivity contribution in [2.24, 2.45) is 0 Å². The standard InChI is InChI=1S/C14H14ClNO/c1-2-9-16-10-13-7-8-14(17-13)11-3-5-12(15)6-4-11/h2-8,16H,1,9-10H2. The van der Waals surface area contributed by atoms with E-state index in [2.05, 4.69) is 11.9 Å².